The van der Waals surface area contributed by atoms with Crippen molar-refractivity contribution in [1.82, 2.24) is 4.90 Å². The second kappa shape index (κ2) is 7.00. The fourth-order valence-corrected chi connectivity index (χ4v) is 1.73. The quantitative estimate of drug-likeness (QED) is 0.575. The molecule has 0 spiro atoms. The Bertz CT molecular complexity index is 331. The minimum atomic E-state index is 0.546. The first-order chi connectivity index (χ1) is 7.67. The molecule has 0 heterocycles. The summed E-state index contributed by atoms with van der Waals surface area (Å²) in [6.45, 7) is 3.50. The second-order valence-electron chi connectivity index (χ2n) is 3.65. The fraction of sp³-hybridized carbons (Fsp3) is 0.500. The molecular formula is C12H17Cl2NO. The van der Waals surface area contributed by atoms with Crippen LogP contribution in [0.1, 0.15) is 12.5 Å². The van der Waals surface area contributed by atoms with Crippen LogP contribution in [0.2, 0.25) is 5.02 Å². The van der Waals surface area contributed by atoms with E-state index in [-0.39, 0.29) is 0 Å². The van der Waals surface area contributed by atoms with E-state index in [1.165, 1.54) is 5.56 Å². The Kier molecular flexibility index (Phi) is 5.96. The fourth-order valence-electron chi connectivity index (χ4n) is 1.35. The summed E-state index contributed by atoms with van der Waals surface area (Å²) in [4.78, 5) is 2.05. The number of halogens is 2. The zero-order valence-corrected chi connectivity index (χ0v) is 11.2. The maximum Gasteiger partial charge on any atom is 0.137 e. The minimum absolute atomic E-state index is 0.546. The molecule has 2 nitrogen and oxygen atoms in total. The topological polar surface area (TPSA) is 12.5 Å². The van der Waals surface area contributed by atoms with Gasteiger partial charge in [0.05, 0.1) is 17.6 Å². The molecule has 0 atom stereocenters. The van der Waals surface area contributed by atoms with E-state index in [1.54, 1.807) is 0 Å². The van der Waals surface area contributed by atoms with Gasteiger partial charge in [-0.3, -0.25) is 4.90 Å². The SMILES string of the molecule is CCOc1ccc(CCN(C)CCl)cc1Cl. The van der Waals surface area contributed by atoms with Gasteiger partial charge in [0.15, 0.2) is 0 Å². The normalized spacial score (nSPS) is 10.8. The average molecular weight is 262 g/mol. The summed E-state index contributed by atoms with van der Waals surface area (Å²) in [5, 5.41) is 0.674. The minimum Gasteiger partial charge on any atom is -0.492 e. The van der Waals surface area contributed by atoms with E-state index in [9.17, 15) is 0 Å². The number of benzene rings is 1. The molecule has 1 aromatic rings. The number of likely N-dealkylation sites (N-methyl/N-ethyl adjacent to an activating group) is 1. The highest BCUT2D eigenvalue weighted by atomic mass is 35.5. The molecule has 0 aliphatic carbocycles. The summed E-state index contributed by atoms with van der Waals surface area (Å²) in [7, 11) is 1.99. The van der Waals surface area contributed by atoms with Crippen LogP contribution in [0.4, 0.5) is 0 Å². The van der Waals surface area contributed by atoms with Crippen LogP contribution in [0.15, 0.2) is 18.2 Å². The molecule has 0 fully saturated rings. The van der Waals surface area contributed by atoms with Crippen molar-refractivity contribution in [3.63, 3.8) is 0 Å². The Morgan fingerprint density at radius 3 is 2.69 bits per heavy atom. The molecular weight excluding hydrogens is 245 g/mol. The summed E-state index contributed by atoms with van der Waals surface area (Å²) in [5.74, 6) is 0.749. The first-order valence-corrected chi connectivity index (χ1v) is 6.24. The first kappa shape index (κ1) is 13.6. The van der Waals surface area contributed by atoms with Crippen LogP contribution in [0.25, 0.3) is 0 Å². The van der Waals surface area contributed by atoms with Crippen LogP contribution >= 0.6 is 23.2 Å². The van der Waals surface area contributed by atoms with Crippen LogP contribution in [0.5, 0.6) is 5.75 Å². The first-order valence-electron chi connectivity index (χ1n) is 5.33. The van der Waals surface area contributed by atoms with E-state index in [0.717, 1.165) is 18.7 Å². The van der Waals surface area contributed by atoms with Crippen molar-refractivity contribution in [2.45, 2.75) is 13.3 Å². The largest absolute Gasteiger partial charge is 0.492 e. The number of hydrogen-bond acceptors (Lipinski definition) is 2. The second-order valence-corrected chi connectivity index (χ2v) is 4.29. The Morgan fingerprint density at radius 2 is 2.12 bits per heavy atom. The highest BCUT2D eigenvalue weighted by Crippen LogP contribution is 2.25. The Morgan fingerprint density at radius 1 is 1.38 bits per heavy atom. The van der Waals surface area contributed by atoms with Crippen molar-refractivity contribution in [2.75, 3.05) is 26.2 Å². The van der Waals surface area contributed by atoms with Gasteiger partial charge in [0.25, 0.3) is 0 Å². The van der Waals surface area contributed by atoms with Gasteiger partial charge in [-0.2, -0.15) is 0 Å². The number of hydrogen-bond donors (Lipinski definition) is 0. The summed E-state index contributed by atoms with van der Waals surface area (Å²) < 4.78 is 5.37. The zero-order valence-electron chi connectivity index (χ0n) is 9.67. The van der Waals surface area contributed by atoms with E-state index < -0.39 is 0 Å². The molecule has 0 aromatic heterocycles. The number of alkyl halides is 1. The summed E-state index contributed by atoms with van der Waals surface area (Å²) >= 11 is 11.8. The predicted molar refractivity (Wildman–Crippen MR) is 69.7 cm³/mol. The molecule has 0 amide bonds. The molecule has 0 radical (unpaired) electrons. The van der Waals surface area contributed by atoms with E-state index in [0.29, 0.717) is 17.6 Å². The van der Waals surface area contributed by atoms with Gasteiger partial charge in [-0.25, -0.2) is 0 Å². The monoisotopic (exact) mass is 261 g/mol. The molecule has 0 bridgehead atoms. The molecule has 16 heavy (non-hydrogen) atoms. The van der Waals surface area contributed by atoms with Gasteiger partial charge >= 0.3 is 0 Å². The van der Waals surface area contributed by atoms with Crippen molar-refractivity contribution in [2.24, 2.45) is 0 Å². The van der Waals surface area contributed by atoms with Crippen LogP contribution in [-0.2, 0) is 6.42 Å². The zero-order chi connectivity index (χ0) is 12.0. The van der Waals surface area contributed by atoms with Crippen LogP contribution in [0, 0.1) is 0 Å². The third-order valence-corrected chi connectivity index (χ3v) is 2.99. The molecule has 1 aromatic carbocycles. The summed E-state index contributed by atoms with van der Waals surface area (Å²) in [5.41, 5.74) is 1.20. The van der Waals surface area contributed by atoms with Gasteiger partial charge in [0.2, 0.25) is 0 Å². The highest BCUT2D eigenvalue weighted by molar-refractivity contribution is 6.32. The number of rotatable bonds is 6. The van der Waals surface area contributed by atoms with Crippen LogP contribution in [-0.4, -0.2) is 31.1 Å². The van der Waals surface area contributed by atoms with Gasteiger partial charge in [0, 0.05) is 6.54 Å². The highest BCUT2D eigenvalue weighted by Gasteiger charge is 2.03. The average Bonchev–Trinajstić information content (AvgIpc) is 2.29. The van der Waals surface area contributed by atoms with Crippen molar-refractivity contribution in [1.29, 1.82) is 0 Å². The van der Waals surface area contributed by atoms with Gasteiger partial charge in [0.1, 0.15) is 5.75 Å². The molecule has 0 saturated heterocycles. The number of nitrogens with zero attached hydrogens (tertiary/aromatic N) is 1. The third-order valence-electron chi connectivity index (χ3n) is 2.28. The summed E-state index contributed by atoms with van der Waals surface area (Å²) in [6.07, 6.45) is 0.940. The Balaban J connectivity index is 2.59. The van der Waals surface area contributed by atoms with Crippen molar-refractivity contribution in [3.05, 3.63) is 28.8 Å². The molecule has 0 saturated carbocycles. The Hall–Kier alpha value is -0.440. The van der Waals surface area contributed by atoms with Gasteiger partial charge in [-0.05, 0) is 38.1 Å². The lowest BCUT2D eigenvalue weighted by atomic mass is 10.1. The molecule has 0 unspecified atom stereocenters. The maximum absolute atomic E-state index is 6.09. The van der Waals surface area contributed by atoms with Crippen molar-refractivity contribution >= 4 is 23.2 Å². The van der Waals surface area contributed by atoms with Gasteiger partial charge in [-0.15, -0.1) is 11.6 Å². The lowest BCUT2D eigenvalue weighted by Gasteiger charge is -2.13. The van der Waals surface area contributed by atoms with Crippen LogP contribution in [0.3, 0.4) is 0 Å². The van der Waals surface area contributed by atoms with Crippen molar-refractivity contribution in [3.8, 4) is 5.75 Å². The standard InChI is InChI=1S/C12H17Cl2NO/c1-3-16-12-5-4-10(8-11(12)14)6-7-15(2)9-13/h4-5,8H,3,6-7,9H2,1-2H3. The predicted octanol–water partition coefficient (Wildman–Crippen LogP) is 3.41. The van der Waals surface area contributed by atoms with E-state index in [4.69, 9.17) is 27.9 Å². The maximum atomic E-state index is 6.09. The van der Waals surface area contributed by atoms with Gasteiger partial charge < -0.3 is 4.74 Å². The molecule has 4 heteroatoms. The van der Waals surface area contributed by atoms with Crippen molar-refractivity contribution < 1.29 is 4.74 Å². The lowest BCUT2D eigenvalue weighted by Crippen LogP contribution is -2.19. The molecule has 0 aliphatic rings. The lowest BCUT2D eigenvalue weighted by molar-refractivity contribution is 0.340. The Labute approximate surface area is 107 Å². The van der Waals surface area contributed by atoms with E-state index in [1.807, 2.05) is 37.1 Å². The smallest absolute Gasteiger partial charge is 0.137 e. The van der Waals surface area contributed by atoms with Crippen LogP contribution < -0.4 is 4.74 Å². The van der Waals surface area contributed by atoms with Gasteiger partial charge in [-0.1, -0.05) is 17.7 Å². The van der Waals surface area contributed by atoms with E-state index in [2.05, 4.69) is 0 Å². The molecule has 0 N–H and O–H groups in total. The molecule has 90 valence electrons. The third kappa shape index (κ3) is 4.20. The summed E-state index contributed by atoms with van der Waals surface area (Å²) in [6, 6.07) is 6.46. The van der Waals surface area contributed by atoms with E-state index >= 15 is 0 Å². The number of ether oxygens (including phenoxy) is 1. The molecule has 0 aliphatic heterocycles. The molecule has 1 rings (SSSR count).